The molecule has 0 aromatic rings. The molecule has 0 spiro atoms. The molecule has 316 valence electrons. The van der Waals surface area contributed by atoms with Crippen LogP contribution in [0.4, 0.5) is 0 Å². The maximum atomic E-state index is 12.7. The highest BCUT2D eigenvalue weighted by Crippen LogP contribution is 2.31. The Morgan fingerprint density at radius 1 is 0.519 bits per heavy atom. The van der Waals surface area contributed by atoms with Crippen LogP contribution in [0.2, 0.25) is 0 Å². The van der Waals surface area contributed by atoms with Crippen LogP contribution in [0.5, 0.6) is 0 Å². The first-order chi connectivity index (χ1) is 26.2. The molecule has 1 rings (SSSR count). The molecule has 1 fully saturated rings. The van der Waals surface area contributed by atoms with Crippen LogP contribution in [-0.4, -0.2) is 79.5 Å². The lowest BCUT2D eigenvalue weighted by Gasteiger charge is -2.21. The average molecular weight is 771 g/mol. The fraction of sp³-hybridized carbons (Fsp3) is 0.907. The second-order valence-electron chi connectivity index (χ2n) is 15.2. The summed E-state index contributed by atoms with van der Waals surface area (Å²) in [5.74, 6) is -2.94. The van der Waals surface area contributed by atoms with Crippen LogP contribution in [0.15, 0.2) is 0 Å². The van der Waals surface area contributed by atoms with Crippen molar-refractivity contribution in [1.82, 2.24) is 0 Å². The van der Waals surface area contributed by atoms with Crippen molar-refractivity contribution in [3.05, 3.63) is 0 Å². The molecule has 1 aliphatic heterocycles. The molecule has 1 saturated heterocycles. The summed E-state index contributed by atoms with van der Waals surface area (Å²) in [5, 5.41) is 9.59. The average Bonchev–Trinajstić information content (AvgIpc) is 3.51. The van der Waals surface area contributed by atoms with E-state index in [4.69, 9.17) is 28.4 Å². The van der Waals surface area contributed by atoms with Crippen LogP contribution >= 0.6 is 0 Å². The minimum Gasteiger partial charge on any atom is -0.463 e. The zero-order valence-corrected chi connectivity index (χ0v) is 34.7. The first kappa shape index (κ1) is 49.8. The molecule has 0 bridgehead atoms. The number of rotatable bonds is 36. The van der Waals surface area contributed by atoms with Crippen LogP contribution in [-0.2, 0) is 47.6 Å². The van der Waals surface area contributed by atoms with Gasteiger partial charge in [-0.3, -0.25) is 19.2 Å². The summed E-state index contributed by atoms with van der Waals surface area (Å²) in [6.45, 7) is 7.23. The number of ether oxygens (including phenoxy) is 6. The molecule has 0 amide bonds. The van der Waals surface area contributed by atoms with Crippen molar-refractivity contribution in [3.8, 4) is 0 Å². The Balaban J connectivity index is 2.42. The van der Waals surface area contributed by atoms with E-state index in [0.29, 0.717) is 12.8 Å². The van der Waals surface area contributed by atoms with E-state index in [1.54, 1.807) is 6.92 Å². The number of hydrogen-bond donors (Lipinski definition) is 1. The summed E-state index contributed by atoms with van der Waals surface area (Å²) in [4.78, 5) is 50.0. The van der Waals surface area contributed by atoms with Crippen LogP contribution in [0.25, 0.3) is 0 Å². The summed E-state index contributed by atoms with van der Waals surface area (Å²) in [7, 11) is 0. The molecule has 4 atom stereocenters. The number of esters is 4. The lowest BCUT2D eigenvalue weighted by atomic mass is 10.1. The van der Waals surface area contributed by atoms with Crippen LogP contribution in [0.1, 0.15) is 201 Å². The molecule has 0 aromatic carbocycles. The fourth-order valence-electron chi connectivity index (χ4n) is 6.48. The maximum absolute atomic E-state index is 12.7. The van der Waals surface area contributed by atoms with Gasteiger partial charge in [0.1, 0.15) is 32.0 Å². The van der Waals surface area contributed by atoms with E-state index in [2.05, 4.69) is 13.8 Å². The molecular weight excluding hydrogens is 692 g/mol. The molecule has 0 radical (unpaired) electrons. The SMILES string of the molecule is CCCCCCCCCCCCCC(=O)OCC(COC(=O)CCC(=O)OCC1OC(C)(CC)OC1CO)OC(=O)CCCCCCCCCCCCC. The third kappa shape index (κ3) is 26.5. The number of carbonyl (C=O) groups is 4. The fourth-order valence-corrected chi connectivity index (χ4v) is 6.48. The summed E-state index contributed by atoms with van der Waals surface area (Å²) in [5.41, 5.74) is 0. The number of hydrogen-bond acceptors (Lipinski definition) is 11. The first-order valence-electron chi connectivity index (χ1n) is 21.8. The van der Waals surface area contributed by atoms with E-state index in [-0.39, 0.29) is 58.1 Å². The summed E-state index contributed by atoms with van der Waals surface area (Å²) < 4.78 is 33.2. The Bertz CT molecular complexity index is 973. The number of aliphatic hydroxyl groups excluding tert-OH is 1. The quantitative estimate of drug-likeness (QED) is 0.0369. The van der Waals surface area contributed by atoms with E-state index in [1.165, 1.54) is 96.3 Å². The molecular formula is C43H78O11. The molecule has 11 heteroatoms. The summed E-state index contributed by atoms with van der Waals surface area (Å²) in [6, 6.07) is 0. The van der Waals surface area contributed by atoms with Crippen molar-refractivity contribution in [2.45, 2.75) is 225 Å². The molecule has 4 unspecified atom stereocenters. The minimum atomic E-state index is -0.940. The molecule has 1 heterocycles. The van der Waals surface area contributed by atoms with E-state index >= 15 is 0 Å². The normalized spacial score (nSPS) is 18.7. The predicted octanol–water partition coefficient (Wildman–Crippen LogP) is 9.61. The molecule has 0 saturated carbocycles. The Labute approximate surface area is 327 Å². The Hall–Kier alpha value is -2.24. The maximum Gasteiger partial charge on any atom is 0.306 e. The lowest BCUT2D eigenvalue weighted by Crippen LogP contribution is -2.32. The van der Waals surface area contributed by atoms with Crippen LogP contribution < -0.4 is 0 Å². The Morgan fingerprint density at radius 3 is 1.31 bits per heavy atom. The Morgan fingerprint density at radius 2 is 0.889 bits per heavy atom. The highest BCUT2D eigenvalue weighted by molar-refractivity contribution is 5.77. The van der Waals surface area contributed by atoms with Crippen LogP contribution in [0.3, 0.4) is 0 Å². The van der Waals surface area contributed by atoms with Gasteiger partial charge >= 0.3 is 23.9 Å². The number of aliphatic hydroxyl groups is 1. The van der Waals surface area contributed by atoms with Crippen LogP contribution in [0, 0.1) is 0 Å². The van der Waals surface area contributed by atoms with E-state index in [9.17, 15) is 24.3 Å². The Kier molecular flexibility index (Phi) is 30.4. The van der Waals surface area contributed by atoms with Gasteiger partial charge in [0.2, 0.25) is 0 Å². The van der Waals surface area contributed by atoms with Gasteiger partial charge in [-0.05, 0) is 26.2 Å². The standard InChI is InChI=1S/C43H78O11/c1-5-8-10-12-14-16-18-20-22-24-26-28-39(45)49-33-36(52-42(48)29-27-25-23-21-19-17-15-13-11-9-6-2)34-50-40(46)30-31-41(47)51-35-38-37(32-44)53-43(4,7-3)54-38/h36-38,44H,5-35H2,1-4H3. The first-order valence-corrected chi connectivity index (χ1v) is 21.8. The van der Waals surface area contributed by atoms with E-state index in [1.807, 2.05) is 6.92 Å². The van der Waals surface area contributed by atoms with E-state index < -0.39 is 42.0 Å². The second kappa shape index (κ2) is 33.0. The van der Waals surface area contributed by atoms with Crippen molar-refractivity contribution in [2.75, 3.05) is 26.4 Å². The van der Waals surface area contributed by atoms with Gasteiger partial charge in [0.15, 0.2) is 11.9 Å². The number of unbranched alkanes of at least 4 members (excludes halogenated alkanes) is 20. The molecule has 1 aliphatic rings. The van der Waals surface area contributed by atoms with Crippen molar-refractivity contribution >= 4 is 23.9 Å². The minimum absolute atomic E-state index is 0.115. The van der Waals surface area contributed by atoms with Gasteiger partial charge < -0.3 is 33.5 Å². The topological polar surface area (TPSA) is 144 Å². The molecule has 0 aliphatic carbocycles. The third-order valence-corrected chi connectivity index (χ3v) is 10.1. The van der Waals surface area contributed by atoms with Crippen molar-refractivity contribution in [3.63, 3.8) is 0 Å². The van der Waals surface area contributed by atoms with Gasteiger partial charge in [0.05, 0.1) is 19.4 Å². The predicted molar refractivity (Wildman–Crippen MR) is 210 cm³/mol. The summed E-state index contributed by atoms with van der Waals surface area (Å²) >= 11 is 0. The highest BCUT2D eigenvalue weighted by Gasteiger charge is 2.43. The monoisotopic (exact) mass is 771 g/mol. The molecule has 0 aromatic heterocycles. The molecule has 1 N–H and O–H groups in total. The lowest BCUT2D eigenvalue weighted by molar-refractivity contribution is -0.172. The highest BCUT2D eigenvalue weighted by atomic mass is 16.8. The van der Waals surface area contributed by atoms with E-state index in [0.717, 1.165) is 38.5 Å². The second-order valence-corrected chi connectivity index (χ2v) is 15.2. The van der Waals surface area contributed by atoms with Gasteiger partial charge in [-0.2, -0.15) is 0 Å². The third-order valence-electron chi connectivity index (χ3n) is 10.1. The molecule has 54 heavy (non-hydrogen) atoms. The van der Waals surface area contributed by atoms with Gasteiger partial charge in [0, 0.05) is 12.8 Å². The largest absolute Gasteiger partial charge is 0.463 e. The zero-order valence-electron chi connectivity index (χ0n) is 34.7. The van der Waals surface area contributed by atoms with Gasteiger partial charge in [-0.25, -0.2) is 0 Å². The number of carbonyl (C=O) groups excluding carboxylic acids is 4. The van der Waals surface area contributed by atoms with Crippen molar-refractivity contribution in [2.24, 2.45) is 0 Å². The zero-order chi connectivity index (χ0) is 39.7. The molecule has 11 nitrogen and oxygen atoms in total. The van der Waals surface area contributed by atoms with Crippen molar-refractivity contribution in [1.29, 1.82) is 0 Å². The van der Waals surface area contributed by atoms with Gasteiger partial charge in [0.25, 0.3) is 0 Å². The van der Waals surface area contributed by atoms with Crippen molar-refractivity contribution < 1.29 is 52.7 Å². The van der Waals surface area contributed by atoms with Gasteiger partial charge in [-0.15, -0.1) is 0 Å². The summed E-state index contributed by atoms with van der Waals surface area (Å²) in [6.07, 6.45) is 24.3. The van der Waals surface area contributed by atoms with Gasteiger partial charge in [-0.1, -0.05) is 149 Å². The smallest absolute Gasteiger partial charge is 0.306 e.